The van der Waals surface area contributed by atoms with Gasteiger partial charge in [-0.05, 0) is 61.4 Å². The van der Waals surface area contributed by atoms with Crippen molar-refractivity contribution >= 4 is 10.9 Å². The van der Waals surface area contributed by atoms with Crippen LogP contribution in [-0.4, -0.2) is 46.0 Å². The minimum absolute atomic E-state index is 0.398. The van der Waals surface area contributed by atoms with Gasteiger partial charge in [-0.15, -0.1) is 0 Å². The quantitative estimate of drug-likeness (QED) is 0.373. The average molecular weight is 471 g/mol. The molecule has 0 bridgehead atoms. The number of nitrogens with zero attached hydrogens (tertiary/aromatic N) is 2. The Morgan fingerprint density at radius 1 is 0.857 bits per heavy atom. The molecule has 1 aliphatic heterocycles. The SMILES string of the molecule is OC(CCOc1ccc(Oc2ccccc2)cc1)N1CCC(O)(c2cnc3ccccc3c2)CC1. The number of pyridine rings is 1. The van der Waals surface area contributed by atoms with Gasteiger partial charge in [0.05, 0.1) is 17.7 Å². The maximum Gasteiger partial charge on any atom is 0.127 e. The fourth-order valence-electron chi connectivity index (χ4n) is 4.50. The third-order valence-corrected chi connectivity index (χ3v) is 6.62. The molecule has 3 aromatic carbocycles. The molecule has 0 radical (unpaired) electrons. The Bertz CT molecular complexity index is 1240. The summed E-state index contributed by atoms with van der Waals surface area (Å²) >= 11 is 0. The van der Waals surface area contributed by atoms with Gasteiger partial charge in [-0.2, -0.15) is 0 Å². The largest absolute Gasteiger partial charge is 0.493 e. The highest BCUT2D eigenvalue weighted by atomic mass is 16.5. The summed E-state index contributed by atoms with van der Waals surface area (Å²) in [7, 11) is 0. The molecule has 6 heteroatoms. The summed E-state index contributed by atoms with van der Waals surface area (Å²) < 4.78 is 11.6. The summed E-state index contributed by atoms with van der Waals surface area (Å²) in [5.41, 5.74) is 0.840. The van der Waals surface area contributed by atoms with Crippen LogP contribution in [0.5, 0.6) is 17.2 Å². The summed E-state index contributed by atoms with van der Waals surface area (Å²) in [4.78, 5) is 6.51. The molecule has 180 valence electrons. The van der Waals surface area contributed by atoms with Gasteiger partial charge in [0.2, 0.25) is 0 Å². The Labute approximate surface area is 205 Å². The van der Waals surface area contributed by atoms with Crippen molar-refractivity contribution in [1.29, 1.82) is 0 Å². The van der Waals surface area contributed by atoms with E-state index < -0.39 is 11.8 Å². The first-order valence-electron chi connectivity index (χ1n) is 12.0. The van der Waals surface area contributed by atoms with E-state index in [0.717, 1.165) is 33.7 Å². The fourth-order valence-corrected chi connectivity index (χ4v) is 4.50. The monoisotopic (exact) mass is 470 g/mol. The number of fused-ring (bicyclic) bond motifs is 1. The predicted molar refractivity (Wildman–Crippen MR) is 136 cm³/mol. The highest BCUT2D eigenvalue weighted by Crippen LogP contribution is 2.34. The van der Waals surface area contributed by atoms with E-state index in [9.17, 15) is 10.2 Å². The second-order valence-corrected chi connectivity index (χ2v) is 8.99. The smallest absolute Gasteiger partial charge is 0.127 e. The molecule has 2 N–H and O–H groups in total. The second-order valence-electron chi connectivity index (χ2n) is 8.99. The van der Waals surface area contributed by atoms with E-state index >= 15 is 0 Å². The lowest BCUT2D eigenvalue weighted by Crippen LogP contribution is -2.47. The van der Waals surface area contributed by atoms with Gasteiger partial charge in [-0.25, -0.2) is 0 Å². The van der Waals surface area contributed by atoms with Crippen LogP contribution in [0.2, 0.25) is 0 Å². The zero-order chi connectivity index (χ0) is 24.1. The van der Waals surface area contributed by atoms with Crippen molar-refractivity contribution in [1.82, 2.24) is 9.88 Å². The van der Waals surface area contributed by atoms with Crippen LogP contribution >= 0.6 is 0 Å². The molecule has 1 atom stereocenters. The normalized spacial score (nSPS) is 16.6. The molecular formula is C29H30N2O4. The average Bonchev–Trinajstić information content (AvgIpc) is 2.90. The first-order chi connectivity index (χ1) is 17.1. The summed E-state index contributed by atoms with van der Waals surface area (Å²) in [6.07, 6.45) is 2.74. The number of aliphatic hydroxyl groups is 2. The fraction of sp³-hybridized carbons (Fsp3) is 0.276. The van der Waals surface area contributed by atoms with E-state index in [4.69, 9.17) is 9.47 Å². The van der Waals surface area contributed by atoms with Crippen LogP contribution in [0, 0.1) is 0 Å². The number of aromatic nitrogens is 1. The van der Waals surface area contributed by atoms with Crippen molar-refractivity contribution in [2.24, 2.45) is 0 Å². The van der Waals surface area contributed by atoms with Gasteiger partial charge >= 0.3 is 0 Å². The standard InChI is InChI=1S/C29H30N2O4/c32-28(14-19-34-24-10-12-26(13-11-24)35-25-7-2-1-3-8-25)31-17-15-29(33,16-18-31)23-20-22-6-4-5-9-27(22)30-21-23/h1-13,20-21,28,32-33H,14-19H2. The van der Waals surface area contributed by atoms with E-state index in [0.29, 0.717) is 39.0 Å². The molecule has 1 aliphatic rings. The zero-order valence-electron chi connectivity index (χ0n) is 19.6. The number of ether oxygens (including phenoxy) is 2. The van der Waals surface area contributed by atoms with Crippen LogP contribution in [0.3, 0.4) is 0 Å². The maximum absolute atomic E-state index is 11.3. The third kappa shape index (κ3) is 5.62. The number of hydrogen-bond donors (Lipinski definition) is 2. The molecule has 35 heavy (non-hydrogen) atoms. The van der Waals surface area contributed by atoms with E-state index in [-0.39, 0.29) is 0 Å². The molecule has 0 aliphatic carbocycles. The lowest BCUT2D eigenvalue weighted by Gasteiger charge is -2.40. The van der Waals surface area contributed by atoms with Gasteiger partial charge in [0.1, 0.15) is 23.5 Å². The number of likely N-dealkylation sites (tertiary alicyclic amines) is 1. The Kier molecular flexibility index (Phi) is 6.95. The number of para-hydroxylation sites is 2. The number of piperidine rings is 1. The van der Waals surface area contributed by atoms with E-state index in [1.807, 2.05) is 89.8 Å². The Hall–Kier alpha value is -3.45. The molecule has 2 heterocycles. The molecular weight excluding hydrogens is 440 g/mol. The molecule has 1 fully saturated rings. The van der Waals surface area contributed by atoms with Crippen LogP contribution in [-0.2, 0) is 5.60 Å². The zero-order valence-corrected chi connectivity index (χ0v) is 19.6. The molecule has 0 spiro atoms. The van der Waals surface area contributed by atoms with E-state index in [1.165, 1.54) is 0 Å². The molecule has 5 rings (SSSR count). The van der Waals surface area contributed by atoms with Crippen molar-refractivity contribution in [2.45, 2.75) is 31.1 Å². The molecule has 4 aromatic rings. The van der Waals surface area contributed by atoms with E-state index in [1.54, 1.807) is 6.20 Å². The van der Waals surface area contributed by atoms with Crippen molar-refractivity contribution in [3.8, 4) is 17.2 Å². The van der Waals surface area contributed by atoms with Gasteiger partial charge in [0.25, 0.3) is 0 Å². The molecule has 6 nitrogen and oxygen atoms in total. The summed E-state index contributed by atoms with van der Waals surface area (Å²) in [5, 5.41) is 23.0. The maximum atomic E-state index is 11.3. The van der Waals surface area contributed by atoms with E-state index in [2.05, 4.69) is 4.98 Å². The van der Waals surface area contributed by atoms with Gasteiger partial charge in [0.15, 0.2) is 0 Å². The number of rotatable bonds is 8. The van der Waals surface area contributed by atoms with Gasteiger partial charge in [0, 0.05) is 36.7 Å². The summed E-state index contributed by atoms with van der Waals surface area (Å²) in [5.74, 6) is 2.26. The molecule has 0 amide bonds. The Balaban J connectivity index is 1.09. The van der Waals surface area contributed by atoms with Gasteiger partial charge < -0.3 is 19.7 Å². The topological polar surface area (TPSA) is 75.0 Å². The van der Waals surface area contributed by atoms with Crippen LogP contribution in [0.4, 0.5) is 0 Å². The molecule has 0 saturated carbocycles. The minimum Gasteiger partial charge on any atom is -0.493 e. The van der Waals surface area contributed by atoms with Crippen LogP contribution in [0.25, 0.3) is 10.9 Å². The first kappa shape index (κ1) is 23.3. The Morgan fingerprint density at radius 2 is 1.51 bits per heavy atom. The highest BCUT2D eigenvalue weighted by molar-refractivity contribution is 5.78. The highest BCUT2D eigenvalue weighted by Gasteiger charge is 2.36. The van der Waals surface area contributed by atoms with Crippen LogP contribution in [0.1, 0.15) is 24.8 Å². The molecule has 1 aromatic heterocycles. The first-order valence-corrected chi connectivity index (χ1v) is 12.0. The lowest BCUT2D eigenvalue weighted by atomic mass is 9.84. The van der Waals surface area contributed by atoms with Crippen molar-refractivity contribution < 1.29 is 19.7 Å². The molecule has 1 saturated heterocycles. The number of hydrogen-bond acceptors (Lipinski definition) is 6. The summed E-state index contributed by atoms with van der Waals surface area (Å²) in [6.45, 7) is 1.61. The van der Waals surface area contributed by atoms with Crippen molar-refractivity contribution in [2.75, 3.05) is 19.7 Å². The minimum atomic E-state index is -0.923. The third-order valence-electron chi connectivity index (χ3n) is 6.62. The number of benzene rings is 3. The molecule has 1 unspecified atom stereocenters. The van der Waals surface area contributed by atoms with Crippen molar-refractivity contribution in [3.05, 3.63) is 96.7 Å². The second kappa shape index (κ2) is 10.4. The lowest BCUT2D eigenvalue weighted by molar-refractivity contribution is -0.0819. The summed E-state index contributed by atoms with van der Waals surface area (Å²) in [6, 6.07) is 27.0. The predicted octanol–water partition coefficient (Wildman–Crippen LogP) is 5.10. The van der Waals surface area contributed by atoms with Crippen LogP contribution < -0.4 is 9.47 Å². The van der Waals surface area contributed by atoms with Crippen molar-refractivity contribution in [3.63, 3.8) is 0 Å². The van der Waals surface area contributed by atoms with Crippen LogP contribution in [0.15, 0.2) is 91.1 Å². The van der Waals surface area contributed by atoms with Gasteiger partial charge in [-0.1, -0.05) is 36.4 Å². The Morgan fingerprint density at radius 3 is 2.29 bits per heavy atom. The number of aliphatic hydroxyl groups excluding tert-OH is 1. The van der Waals surface area contributed by atoms with Gasteiger partial charge in [-0.3, -0.25) is 9.88 Å².